The Labute approximate surface area is 87.8 Å². The average molecular weight is 201 g/mol. The summed E-state index contributed by atoms with van der Waals surface area (Å²) >= 11 is 1.68. The van der Waals surface area contributed by atoms with E-state index >= 15 is 0 Å². The maximum Gasteiger partial charge on any atom is 0.0901 e. The zero-order valence-corrected chi connectivity index (χ0v) is 8.79. The van der Waals surface area contributed by atoms with Gasteiger partial charge in [-0.3, -0.25) is 0 Å². The van der Waals surface area contributed by atoms with Crippen molar-refractivity contribution in [1.82, 2.24) is 4.98 Å². The Bertz CT molecular complexity index is 429. The summed E-state index contributed by atoms with van der Waals surface area (Å²) in [6, 6.07) is 10.2. The number of hydrogen-bond acceptors (Lipinski definition) is 2. The van der Waals surface area contributed by atoms with E-state index in [1.54, 1.807) is 11.3 Å². The lowest BCUT2D eigenvalue weighted by atomic mass is 10.2. The third-order valence-electron chi connectivity index (χ3n) is 1.88. The number of rotatable bonds is 2. The Hall–Kier alpha value is -1.41. The van der Waals surface area contributed by atoms with E-state index in [4.69, 9.17) is 0 Å². The van der Waals surface area contributed by atoms with Crippen molar-refractivity contribution in [1.29, 1.82) is 0 Å². The minimum Gasteiger partial charge on any atom is -0.242 e. The van der Waals surface area contributed by atoms with E-state index in [1.807, 2.05) is 31.2 Å². The first-order valence-corrected chi connectivity index (χ1v) is 5.38. The highest BCUT2D eigenvalue weighted by Gasteiger charge is 1.91. The number of aromatic nitrogens is 1. The Kier molecular flexibility index (Phi) is 2.75. The molecule has 0 fully saturated rings. The SMILES string of the molecule is Cc1nc(/C=C\c2ccccc2)cs1. The second kappa shape index (κ2) is 4.20. The van der Waals surface area contributed by atoms with Crippen molar-refractivity contribution in [2.75, 3.05) is 0 Å². The van der Waals surface area contributed by atoms with Gasteiger partial charge in [0.2, 0.25) is 0 Å². The summed E-state index contributed by atoms with van der Waals surface area (Å²) in [7, 11) is 0. The van der Waals surface area contributed by atoms with Gasteiger partial charge in [0.25, 0.3) is 0 Å². The lowest BCUT2D eigenvalue weighted by molar-refractivity contribution is 1.28. The number of thiazole rings is 1. The molecule has 0 saturated carbocycles. The molecule has 2 rings (SSSR count). The van der Waals surface area contributed by atoms with Gasteiger partial charge in [0, 0.05) is 5.38 Å². The molecule has 70 valence electrons. The van der Waals surface area contributed by atoms with Gasteiger partial charge in [-0.1, -0.05) is 36.4 Å². The summed E-state index contributed by atoms with van der Waals surface area (Å²) in [6.07, 6.45) is 4.12. The fraction of sp³-hybridized carbons (Fsp3) is 0.0833. The van der Waals surface area contributed by atoms with Crippen LogP contribution in [-0.2, 0) is 0 Å². The summed E-state index contributed by atoms with van der Waals surface area (Å²) in [4.78, 5) is 4.36. The Morgan fingerprint density at radius 3 is 2.57 bits per heavy atom. The summed E-state index contributed by atoms with van der Waals surface area (Å²) in [5, 5.41) is 3.17. The monoisotopic (exact) mass is 201 g/mol. The van der Waals surface area contributed by atoms with Crippen LogP contribution >= 0.6 is 11.3 Å². The molecule has 0 N–H and O–H groups in total. The molecular weight excluding hydrogens is 190 g/mol. The molecule has 0 spiro atoms. The minimum atomic E-state index is 1.04. The molecule has 1 heterocycles. The normalized spacial score (nSPS) is 10.9. The van der Waals surface area contributed by atoms with E-state index in [2.05, 4.69) is 28.6 Å². The van der Waals surface area contributed by atoms with E-state index in [-0.39, 0.29) is 0 Å². The quantitative estimate of drug-likeness (QED) is 0.723. The first-order chi connectivity index (χ1) is 6.84. The van der Waals surface area contributed by atoms with Crippen LogP contribution in [0.25, 0.3) is 12.2 Å². The van der Waals surface area contributed by atoms with Crippen LogP contribution in [0.2, 0.25) is 0 Å². The van der Waals surface area contributed by atoms with Gasteiger partial charge in [0.05, 0.1) is 10.7 Å². The first kappa shape index (κ1) is 9.16. The number of aryl methyl sites for hydroxylation is 1. The van der Waals surface area contributed by atoms with Crippen molar-refractivity contribution in [3.05, 3.63) is 52.0 Å². The minimum absolute atomic E-state index is 1.04. The molecule has 0 bridgehead atoms. The van der Waals surface area contributed by atoms with Gasteiger partial charge in [-0.15, -0.1) is 11.3 Å². The highest BCUT2D eigenvalue weighted by atomic mass is 32.1. The number of hydrogen-bond donors (Lipinski definition) is 0. The van der Waals surface area contributed by atoms with E-state index in [0.717, 1.165) is 10.7 Å². The van der Waals surface area contributed by atoms with Crippen LogP contribution in [0.5, 0.6) is 0 Å². The van der Waals surface area contributed by atoms with Gasteiger partial charge < -0.3 is 0 Å². The van der Waals surface area contributed by atoms with E-state index in [1.165, 1.54) is 5.56 Å². The van der Waals surface area contributed by atoms with E-state index < -0.39 is 0 Å². The van der Waals surface area contributed by atoms with Gasteiger partial charge in [-0.25, -0.2) is 4.98 Å². The first-order valence-electron chi connectivity index (χ1n) is 4.50. The topological polar surface area (TPSA) is 12.9 Å². The van der Waals surface area contributed by atoms with E-state index in [9.17, 15) is 0 Å². The summed E-state index contributed by atoms with van der Waals surface area (Å²) in [5.41, 5.74) is 2.24. The lowest BCUT2D eigenvalue weighted by Crippen LogP contribution is -1.72. The molecule has 0 amide bonds. The van der Waals surface area contributed by atoms with Crippen molar-refractivity contribution in [3.8, 4) is 0 Å². The highest BCUT2D eigenvalue weighted by Crippen LogP contribution is 2.11. The van der Waals surface area contributed by atoms with Crippen molar-refractivity contribution in [2.24, 2.45) is 0 Å². The van der Waals surface area contributed by atoms with Crippen LogP contribution in [0.15, 0.2) is 35.7 Å². The van der Waals surface area contributed by atoms with Crippen molar-refractivity contribution in [3.63, 3.8) is 0 Å². The molecule has 0 atom stereocenters. The lowest BCUT2D eigenvalue weighted by Gasteiger charge is -1.89. The Morgan fingerprint density at radius 1 is 1.14 bits per heavy atom. The molecule has 0 unspecified atom stereocenters. The molecule has 2 aromatic rings. The zero-order valence-electron chi connectivity index (χ0n) is 7.97. The maximum absolute atomic E-state index is 4.36. The molecule has 1 aromatic heterocycles. The van der Waals surface area contributed by atoms with Crippen molar-refractivity contribution in [2.45, 2.75) is 6.92 Å². The summed E-state index contributed by atoms with van der Waals surface area (Å²) in [5.74, 6) is 0. The standard InChI is InChI=1S/C12H11NS/c1-10-13-12(9-14-10)8-7-11-5-3-2-4-6-11/h2-9H,1H3/b8-7-. The predicted octanol–water partition coefficient (Wildman–Crippen LogP) is 3.62. The van der Waals surface area contributed by atoms with Gasteiger partial charge in [0.1, 0.15) is 0 Å². The van der Waals surface area contributed by atoms with Crippen LogP contribution in [0.1, 0.15) is 16.3 Å². The molecule has 0 aliphatic carbocycles. The van der Waals surface area contributed by atoms with Crippen LogP contribution in [0, 0.1) is 6.92 Å². The Morgan fingerprint density at radius 2 is 1.93 bits per heavy atom. The smallest absolute Gasteiger partial charge is 0.0901 e. The molecule has 14 heavy (non-hydrogen) atoms. The molecule has 0 aliphatic rings. The van der Waals surface area contributed by atoms with Crippen LogP contribution in [0.3, 0.4) is 0 Å². The molecule has 0 saturated heterocycles. The van der Waals surface area contributed by atoms with Gasteiger partial charge in [0.15, 0.2) is 0 Å². The third-order valence-corrected chi connectivity index (χ3v) is 2.67. The number of nitrogens with zero attached hydrogens (tertiary/aromatic N) is 1. The molecule has 0 aliphatic heterocycles. The highest BCUT2D eigenvalue weighted by molar-refractivity contribution is 7.09. The fourth-order valence-corrected chi connectivity index (χ4v) is 1.78. The molecule has 1 aromatic carbocycles. The summed E-state index contributed by atoms with van der Waals surface area (Å²) < 4.78 is 0. The van der Waals surface area contributed by atoms with Gasteiger partial charge >= 0.3 is 0 Å². The molecule has 0 radical (unpaired) electrons. The number of benzene rings is 1. The van der Waals surface area contributed by atoms with Crippen LogP contribution in [-0.4, -0.2) is 4.98 Å². The second-order valence-corrected chi connectivity index (χ2v) is 4.10. The largest absolute Gasteiger partial charge is 0.242 e. The molecule has 1 nitrogen and oxygen atoms in total. The van der Waals surface area contributed by atoms with Gasteiger partial charge in [-0.2, -0.15) is 0 Å². The maximum atomic E-state index is 4.36. The van der Waals surface area contributed by atoms with E-state index in [0.29, 0.717) is 0 Å². The molecule has 2 heteroatoms. The summed E-state index contributed by atoms with van der Waals surface area (Å²) in [6.45, 7) is 2.02. The van der Waals surface area contributed by atoms with Gasteiger partial charge in [-0.05, 0) is 18.6 Å². The molecular formula is C12H11NS. The van der Waals surface area contributed by atoms with Crippen LogP contribution < -0.4 is 0 Å². The second-order valence-electron chi connectivity index (χ2n) is 3.04. The Balaban J connectivity index is 2.15. The third kappa shape index (κ3) is 2.30. The van der Waals surface area contributed by atoms with Crippen molar-refractivity contribution >= 4 is 23.5 Å². The zero-order chi connectivity index (χ0) is 9.80. The predicted molar refractivity (Wildman–Crippen MR) is 62.2 cm³/mol. The fourth-order valence-electron chi connectivity index (χ4n) is 1.20. The van der Waals surface area contributed by atoms with Crippen molar-refractivity contribution < 1.29 is 0 Å². The van der Waals surface area contributed by atoms with Crippen LogP contribution in [0.4, 0.5) is 0 Å². The average Bonchev–Trinajstić information content (AvgIpc) is 2.63.